The Balaban J connectivity index is 1.44. The number of fused-ring (bicyclic) bond motifs is 1. The summed E-state index contributed by atoms with van der Waals surface area (Å²) in [6.07, 6.45) is 3.13. The van der Waals surface area contributed by atoms with Gasteiger partial charge in [-0.3, -0.25) is 4.79 Å². The van der Waals surface area contributed by atoms with Crippen LogP contribution in [0.4, 0.5) is 0 Å². The van der Waals surface area contributed by atoms with Crippen LogP contribution in [0.2, 0.25) is 0 Å². The SMILES string of the molecule is Cc1noc2nc(-c3ccccc3)cc(C(=O)N[C@@H](C)c3ccc(-n4cncn4)cc3)c12. The van der Waals surface area contributed by atoms with Gasteiger partial charge in [-0.2, -0.15) is 5.10 Å². The van der Waals surface area contributed by atoms with E-state index in [9.17, 15) is 4.79 Å². The number of nitrogens with one attached hydrogen (secondary N) is 1. The number of carbonyl (C=O) groups excluding carboxylic acids is 1. The summed E-state index contributed by atoms with van der Waals surface area (Å²) in [5, 5.41) is 11.8. The molecule has 158 valence electrons. The molecule has 1 amide bonds. The molecular weight excluding hydrogens is 404 g/mol. The summed E-state index contributed by atoms with van der Waals surface area (Å²) >= 11 is 0. The zero-order valence-corrected chi connectivity index (χ0v) is 17.6. The van der Waals surface area contributed by atoms with Crippen molar-refractivity contribution in [3.63, 3.8) is 0 Å². The Morgan fingerprint density at radius 2 is 1.88 bits per heavy atom. The van der Waals surface area contributed by atoms with Gasteiger partial charge in [-0.15, -0.1) is 0 Å². The van der Waals surface area contributed by atoms with Gasteiger partial charge in [0.2, 0.25) is 0 Å². The lowest BCUT2D eigenvalue weighted by Gasteiger charge is -2.16. The third-order valence-corrected chi connectivity index (χ3v) is 5.36. The molecule has 1 N–H and O–H groups in total. The molecule has 0 unspecified atom stereocenters. The van der Waals surface area contributed by atoms with Crippen molar-refractivity contribution >= 4 is 17.0 Å². The van der Waals surface area contributed by atoms with Gasteiger partial charge in [0, 0.05) is 5.56 Å². The smallest absolute Gasteiger partial charge is 0.259 e. The van der Waals surface area contributed by atoms with Crippen molar-refractivity contribution in [2.24, 2.45) is 0 Å². The number of amides is 1. The average Bonchev–Trinajstić information content (AvgIpc) is 3.50. The molecule has 3 heterocycles. The summed E-state index contributed by atoms with van der Waals surface area (Å²) in [7, 11) is 0. The van der Waals surface area contributed by atoms with Crippen molar-refractivity contribution in [2.75, 3.05) is 0 Å². The van der Waals surface area contributed by atoms with Crippen LogP contribution in [0.15, 0.2) is 77.8 Å². The van der Waals surface area contributed by atoms with Crippen LogP contribution >= 0.6 is 0 Å². The van der Waals surface area contributed by atoms with Gasteiger partial charge in [-0.1, -0.05) is 47.6 Å². The Morgan fingerprint density at radius 1 is 1.09 bits per heavy atom. The van der Waals surface area contributed by atoms with E-state index in [0.717, 1.165) is 16.8 Å². The summed E-state index contributed by atoms with van der Waals surface area (Å²) in [6.45, 7) is 3.75. The first-order chi connectivity index (χ1) is 15.6. The Bertz CT molecular complexity index is 1380. The number of aromatic nitrogens is 5. The number of rotatable bonds is 5. The van der Waals surface area contributed by atoms with E-state index >= 15 is 0 Å². The van der Waals surface area contributed by atoms with E-state index in [2.05, 4.69) is 25.5 Å². The Kier molecular flexibility index (Phi) is 4.95. The van der Waals surface area contributed by atoms with Gasteiger partial charge in [0.25, 0.3) is 11.6 Å². The molecule has 1 atom stereocenters. The number of benzene rings is 2. The van der Waals surface area contributed by atoms with Crippen LogP contribution in [0.1, 0.15) is 34.6 Å². The molecule has 0 fully saturated rings. The molecule has 0 aliphatic carbocycles. The van der Waals surface area contributed by atoms with E-state index in [0.29, 0.717) is 28.1 Å². The van der Waals surface area contributed by atoms with Crippen LogP contribution in [0.5, 0.6) is 0 Å². The van der Waals surface area contributed by atoms with Crippen molar-refractivity contribution in [1.29, 1.82) is 0 Å². The van der Waals surface area contributed by atoms with Gasteiger partial charge >= 0.3 is 0 Å². The molecule has 3 aromatic heterocycles. The number of hydrogen-bond donors (Lipinski definition) is 1. The summed E-state index contributed by atoms with van der Waals surface area (Å²) in [5.74, 6) is -0.214. The molecule has 0 aliphatic rings. The normalized spacial score (nSPS) is 12.1. The van der Waals surface area contributed by atoms with Crippen LogP contribution in [-0.2, 0) is 0 Å². The molecule has 0 radical (unpaired) electrons. The van der Waals surface area contributed by atoms with Crippen LogP contribution in [0.3, 0.4) is 0 Å². The zero-order valence-electron chi connectivity index (χ0n) is 17.6. The lowest BCUT2D eigenvalue weighted by molar-refractivity contribution is 0.0941. The third-order valence-electron chi connectivity index (χ3n) is 5.36. The minimum Gasteiger partial charge on any atom is -0.345 e. The van der Waals surface area contributed by atoms with Crippen molar-refractivity contribution in [3.05, 3.63) is 90.1 Å². The highest BCUT2D eigenvalue weighted by atomic mass is 16.5. The highest BCUT2D eigenvalue weighted by molar-refractivity contribution is 6.07. The molecule has 8 nitrogen and oxygen atoms in total. The topological polar surface area (TPSA) is 98.7 Å². The highest BCUT2D eigenvalue weighted by Gasteiger charge is 2.21. The maximum Gasteiger partial charge on any atom is 0.259 e. The molecule has 0 aliphatic heterocycles. The zero-order chi connectivity index (χ0) is 22.1. The number of hydrogen-bond acceptors (Lipinski definition) is 6. The van der Waals surface area contributed by atoms with Crippen molar-refractivity contribution in [3.8, 4) is 16.9 Å². The highest BCUT2D eigenvalue weighted by Crippen LogP contribution is 2.27. The van der Waals surface area contributed by atoms with Crippen LogP contribution in [0.25, 0.3) is 28.0 Å². The van der Waals surface area contributed by atoms with E-state index in [1.54, 1.807) is 24.0 Å². The Labute approximate surface area is 183 Å². The van der Waals surface area contributed by atoms with E-state index in [-0.39, 0.29) is 11.9 Å². The largest absolute Gasteiger partial charge is 0.345 e. The lowest BCUT2D eigenvalue weighted by Crippen LogP contribution is -2.27. The maximum absolute atomic E-state index is 13.3. The maximum atomic E-state index is 13.3. The van der Waals surface area contributed by atoms with Crippen molar-refractivity contribution < 1.29 is 9.32 Å². The minimum atomic E-state index is -0.214. The molecule has 8 heteroatoms. The first-order valence-electron chi connectivity index (χ1n) is 10.2. The van der Waals surface area contributed by atoms with Gasteiger partial charge in [0.15, 0.2) is 0 Å². The fraction of sp³-hybridized carbons (Fsp3) is 0.125. The van der Waals surface area contributed by atoms with E-state index < -0.39 is 0 Å². The van der Waals surface area contributed by atoms with Gasteiger partial charge in [-0.05, 0) is 37.6 Å². The molecule has 0 spiro atoms. The number of nitrogens with zero attached hydrogens (tertiary/aromatic N) is 5. The molecule has 2 aromatic carbocycles. The first kappa shape index (κ1) is 19.6. The van der Waals surface area contributed by atoms with E-state index in [4.69, 9.17) is 4.52 Å². The number of aryl methyl sites for hydroxylation is 1. The minimum absolute atomic E-state index is 0.212. The average molecular weight is 424 g/mol. The summed E-state index contributed by atoms with van der Waals surface area (Å²) in [4.78, 5) is 21.8. The summed E-state index contributed by atoms with van der Waals surface area (Å²) < 4.78 is 7.07. The summed E-state index contributed by atoms with van der Waals surface area (Å²) in [5.41, 5.74) is 4.88. The molecular formula is C24H20N6O2. The van der Waals surface area contributed by atoms with Crippen LogP contribution < -0.4 is 5.32 Å². The number of carbonyl (C=O) groups is 1. The monoisotopic (exact) mass is 424 g/mol. The van der Waals surface area contributed by atoms with Gasteiger partial charge < -0.3 is 9.84 Å². The quantitative estimate of drug-likeness (QED) is 0.452. The number of pyridine rings is 1. The molecule has 5 rings (SSSR count). The van der Waals surface area contributed by atoms with Crippen molar-refractivity contribution in [1.82, 2.24) is 30.2 Å². The summed E-state index contributed by atoms with van der Waals surface area (Å²) in [6, 6.07) is 19.1. The second kappa shape index (κ2) is 8.07. The molecule has 0 saturated carbocycles. The second-order valence-corrected chi connectivity index (χ2v) is 7.50. The van der Waals surface area contributed by atoms with Gasteiger partial charge in [0.1, 0.15) is 12.7 Å². The fourth-order valence-corrected chi connectivity index (χ4v) is 3.65. The van der Waals surface area contributed by atoms with E-state index in [1.165, 1.54) is 6.33 Å². The second-order valence-electron chi connectivity index (χ2n) is 7.50. The van der Waals surface area contributed by atoms with Gasteiger partial charge in [0.05, 0.1) is 34.1 Å². The molecule has 5 aromatic rings. The van der Waals surface area contributed by atoms with E-state index in [1.807, 2.05) is 61.5 Å². The molecule has 0 bridgehead atoms. The standard InChI is InChI=1S/C24H20N6O2/c1-15(17-8-10-19(11-9-17)30-14-25-13-26-30)27-23(31)20-12-21(18-6-4-3-5-7-18)28-24-22(20)16(2)29-32-24/h3-15H,1-2H3,(H,27,31)/t15-/m0/s1. The van der Waals surface area contributed by atoms with Crippen LogP contribution in [-0.4, -0.2) is 30.8 Å². The Morgan fingerprint density at radius 3 is 2.59 bits per heavy atom. The lowest BCUT2D eigenvalue weighted by atomic mass is 10.0. The Hall–Kier alpha value is -4.33. The van der Waals surface area contributed by atoms with Crippen LogP contribution in [0, 0.1) is 6.92 Å². The predicted molar refractivity (Wildman–Crippen MR) is 119 cm³/mol. The molecule has 32 heavy (non-hydrogen) atoms. The van der Waals surface area contributed by atoms with Crippen molar-refractivity contribution in [2.45, 2.75) is 19.9 Å². The van der Waals surface area contributed by atoms with Gasteiger partial charge in [-0.25, -0.2) is 14.6 Å². The molecule has 0 saturated heterocycles. The fourth-order valence-electron chi connectivity index (χ4n) is 3.65. The first-order valence-corrected chi connectivity index (χ1v) is 10.2. The third kappa shape index (κ3) is 3.62. The predicted octanol–water partition coefficient (Wildman–Crippen LogP) is 4.27.